The van der Waals surface area contributed by atoms with E-state index in [1.54, 1.807) is 7.05 Å². The molecule has 1 amide bonds. The Hall–Kier alpha value is -1.40. The fourth-order valence-corrected chi connectivity index (χ4v) is 2.51. The summed E-state index contributed by atoms with van der Waals surface area (Å²) >= 11 is 0. The summed E-state index contributed by atoms with van der Waals surface area (Å²) in [7, 11) is -0.622. The van der Waals surface area contributed by atoms with Crippen LogP contribution in [-0.2, 0) is 26.8 Å². The van der Waals surface area contributed by atoms with Crippen molar-refractivity contribution >= 4 is 15.9 Å². The number of sulfonamides is 1. The van der Waals surface area contributed by atoms with Crippen molar-refractivity contribution in [2.75, 3.05) is 19.8 Å². The van der Waals surface area contributed by atoms with E-state index in [1.807, 2.05) is 24.3 Å². The largest absolute Gasteiger partial charge is 0.341 e. The molecular formula is C15H24N2O3S. The Bertz CT molecular complexity index is 586. The number of rotatable bonds is 5. The Morgan fingerprint density at radius 3 is 2.14 bits per heavy atom. The van der Waals surface area contributed by atoms with Gasteiger partial charge in [-0.3, -0.25) is 4.79 Å². The molecule has 0 heterocycles. The molecule has 5 nitrogen and oxygen atoms in total. The SMILES string of the molecule is CNS(=O)(=O)CC(=O)N(C)Cc1ccc(C(C)(C)C)cc1. The Morgan fingerprint density at radius 2 is 1.71 bits per heavy atom. The molecule has 0 unspecified atom stereocenters. The van der Waals surface area contributed by atoms with E-state index in [0.29, 0.717) is 6.54 Å². The number of hydrogen-bond acceptors (Lipinski definition) is 3. The lowest BCUT2D eigenvalue weighted by atomic mass is 9.87. The summed E-state index contributed by atoms with van der Waals surface area (Å²) in [6.07, 6.45) is 0. The molecule has 0 spiro atoms. The third-order valence-corrected chi connectivity index (χ3v) is 4.54. The van der Waals surface area contributed by atoms with Gasteiger partial charge in [0.1, 0.15) is 5.75 Å². The van der Waals surface area contributed by atoms with Crippen LogP contribution in [0.5, 0.6) is 0 Å². The maximum absolute atomic E-state index is 11.9. The molecular weight excluding hydrogens is 288 g/mol. The summed E-state index contributed by atoms with van der Waals surface area (Å²) in [5.41, 5.74) is 2.28. The lowest BCUT2D eigenvalue weighted by Gasteiger charge is -2.21. The van der Waals surface area contributed by atoms with Gasteiger partial charge in [0, 0.05) is 13.6 Å². The van der Waals surface area contributed by atoms with Gasteiger partial charge in [-0.15, -0.1) is 0 Å². The van der Waals surface area contributed by atoms with Crippen LogP contribution in [-0.4, -0.2) is 39.1 Å². The van der Waals surface area contributed by atoms with Crippen LogP contribution in [0.3, 0.4) is 0 Å². The van der Waals surface area contributed by atoms with E-state index in [4.69, 9.17) is 0 Å². The maximum atomic E-state index is 11.9. The molecule has 1 N–H and O–H groups in total. The van der Waals surface area contributed by atoms with Crippen LogP contribution in [0.25, 0.3) is 0 Å². The lowest BCUT2D eigenvalue weighted by molar-refractivity contribution is -0.127. The Labute approximate surface area is 127 Å². The smallest absolute Gasteiger partial charge is 0.239 e. The van der Waals surface area contributed by atoms with Crippen LogP contribution in [0.15, 0.2) is 24.3 Å². The first-order chi connectivity index (χ1) is 9.55. The molecule has 0 aliphatic heterocycles. The van der Waals surface area contributed by atoms with Gasteiger partial charge in [0.25, 0.3) is 0 Å². The second-order valence-electron chi connectivity index (χ2n) is 6.16. The van der Waals surface area contributed by atoms with Crippen LogP contribution in [0.4, 0.5) is 0 Å². The lowest BCUT2D eigenvalue weighted by Crippen LogP contribution is -2.35. The minimum Gasteiger partial charge on any atom is -0.341 e. The molecule has 0 aliphatic rings. The zero-order chi connectivity index (χ0) is 16.3. The van der Waals surface area contributed by atoms with Crippen LogP contribution >= 0.6 is 0 Å². The van der Waals surface area contributed by atoms with Gasteiger partial charge in [-0.25, -0.2) is 13.1 Å². The number of nitrogens with one attached hydrogen (secondary N) is 1. The molecule has 118 valence electrons. The fourth-order valence-electron chi connectivity index (χ4n) is 1.82. The van der Waals surface area contributed by atoms with Crippen molar-refractivity contribution in [3.05, 3.63) is 35.4 Å². The van der Waals surface area contributed by atoms with E-state index >= 15 is 0 Å². The Kier molecular flexibility index (Phi) is 5.53. The molecule has 0 saturated heterocycles. The molecule has 1 aromatic rings. The molecule has 0 saturated carbocycles. The molecule has 6 heteroatoms. The normalized spacial score (nSPS) is 12.2. The molecule has 1 aromatic carbocycles. The molecule has 21 heavy (non-hydrogen) atoms. The van der Waals surface area contributed by atoms with E-state index in [1.165, 1.54) is 17.5 Å². The molecule has 0 radical (unpaired) electrons. The predicted octanol–water partition coefficient (Wildman–Crippen LogP) is 1.49. The minimum absolute atomic E-state index is 0.0844. The Balaban J connectivity index is 2.71. The van der Waals surface area contributed by atoms with Gasteiger partial charge in [0.2, 0.25) is 15.9 Å². The topological polar surface area (TPSA) is 66.5 Å². The van der Waals surface area contributed by atoms with Crippen LogP contribution in [0.1, 0.15) is 31.9 Å². The van der Waals surface area contributed by atoms with Crippen molar-refractivity contribution in [3.8, 4) is 0 Å². The molecule has 0 aliphatic carbocycles. The molecule has 0 fully saturated rings. The molecule has 0 atom stereocenters. The number of carbonyl (C=O) groups is 1. The second-order valence-corrected chi connectivity index (χ2v) is 8.09. The average molecular weight is 312 g/mol. The van der Waals surface area contributed by atoms with Gasteiger partial charge in [-0.05, 0) is 23.6 Å². The zero-order valence-corrected chi connectivity index (χ0v) is 14.1. The fraction of sp³-hybridized carbons (Fsp3) is 0.533. The van der Waals surface area contributed by atoms with E-state index in [2.05, 4.69) is 25.5 Å². The van der Waals surface area contributed by atoms with Gasteiger partial charge in [0.05, 0.1) is 0 Å². The third-order valence-electron chi connectivity index (χ3n) is 3.29. The summed E-state index contributed by atoms with van der Waals surface area (Å²) in [5, 5.41) is 0. The van der Waals surface area contributed by atoms with Gasteiger partial charge in [0.15, 0.2) is 0 Å². The summed E-state index contributed by atoms with van der Waals surface area (Å²) in [6, 6.07) is 8.02. The van der Waals surface area contributed by atoms with Crippen molar-refractivity contribution < 1.29 is 13.2 Å². The van der Waals surface area contributed by atoms with Crippen LogP contribution in [0, 0.1) is 0 Å². The summed E-state index contributed by atoms with van der Waals surface area (Å²) in [5.74, 6) is -0.954. The van der Waals surface area contributed by atoms with Crippen molar-refractivity contribution in [3.63, 3.8) is 0 Å². The first-order valence-electron chi connectivity index (χ1n) is 6.80. The average Bonchev–Trinajstić information content (AvgIpc) is 2.37. The van der Waals surface area contributed by atoms with Gasteiger partial charge < -0.3 is 4.90 Å². The monoisotopic (exact) mass is 312 g/mol. The van der Waals surface area contributed by atoms with E-state index in [9.17, 15) is 13.2 Å². The summed E-state index contributed by atoms with van der Waals surface area (Å²) < 4.78 is 24.9. The van der Waals surface area contributed by atoms with Crippen LogP contribution < -0.4 is 4.72 Å². The predicted molar refractivity (Wildman–Crippen MR) is 84.5 cm³/mol. The number of amides is 1. The highest BCUT2D eigenvalue weighted by molar-refractivity contribution is 7.90. The summed E-state index contributed by atoms with van der Waals surface area (Å²) in [4.78, 5) is 13.3. The molecule has 1 rings (SSSR count). The second kappa shape index (κ2) is 6.58. The van der Waals surface area contributed by atoms with Gasteiger partial charge in [-0.2, -0.15) is 0 Å². The van der Waals surface area contributed by atoms with E-state index in [-0.39, 0.29) is 5.41 Å². The zero-order valence-electron chi connectivity index (χ0n) is 13.3. The Morgan fingerprint density at radius 1 is 1.19 bits per heavy atom. The third kappa shape index (κ3) is 5.47. The first kappa shape index (κ1) is 17.7. The molecule has 0 bridgehead atoms. The number of nitrogens with zero attached hydrogens (tertiary/aromatic N) is 1. The van der Waals surface area contributed by atoms with Crippen molar-refractivity contribution in [2.45, 2.75) is 32.7 Å². The number of carbonyl (C=O) groups excluding carboxylic acids is 1. The van der Waals surface area contributed by atoms with E-state index < -0.39 is 21.7 Å². The maximum Gasteiger partial charge on any atom is 0.239 e. The van der Waals surface area contributed by atoms with Crippen molar-refractivity contribution in [1.82, 2.24) is 9.62 Å². The summed E-state index contributed by atoms with van der Waals surface area (Å²) in [6.45, 7) is 6.81. The highest BCUT2D eigenvalue weighted by Crippen LogP contribution is 2.22. The quantitative estimate of drug-likeness (QED) is 0.896. The van der Waals surface area contributed by atoms with Crippen molar-refractivity contribution in [2.24, 2.45) is 0 Å². The number of benzene rings is 1. The first-order valence-corrected chi connectivity index (χ1v) is 8.45. The molecule has 0 aromatic heterocycles. The van der Waals surface area contributed by atoms with Crippen molar-refractivity contribution in [1.29, 1.82) is 0 Å². The van der Waals surface area contributed by atoms with Gasteiger partial charge >= 0.3 is 0 Å². The van der Waals surface area contributed by atoms with E-state index in [0.717, 1.165) is 5.56 Å². The van der Waals surface area contributed by atoms with Crippen LogP contribution in [0.2, 0.25) is 0 Å². The minimum atomic E-state index is -3.52. The van der Waals surface area contributed by atoms with Gasteiger partial charge in [-0.1, -0.05) is 45.0 Å². The number of hydrogen-bond donors (Lipinski definition) is 1. The highest BCUT2D eigenvalue weighted by Gasteiger charge is 2.18. The highest BCUT2D eigenvalue weighted by atomic mass is 32.2. The standard InChI is InChI=1S/C15H24N2O3S/c1-15(2,3)13-8-6-12(7-9-13)10-17(5)14(18)11-21(19,20)16-4/h6-9,16H,10-11H2,1-5H3.